The van der Waals surface area contributed by atoms with E-state index in [4.69, 9.17) is 9.47 Å². The molecule has 0 radical (unpaired) electrons. The molecule has 0 heterocycles. The summed E-state index contributed by atoms with van der Waals surface area (Å²) in [4.78, 5) is 11.9. The average molecular weight is 595 g/mol. The minimum absolute atomic E-state index is 0.0170. The fourth-order valence-electron chi connectivity index (χ4n) is 3.99. The van der Waals surface area contributed by atoms with Gasteiger partial charge in [0.05, 0.1) is 13.2 Å². The lowest BCUT2D eigenvalue weighted by Crippen LogP contribution is -1.99. The summed E-state index contributed by atoms with van der Waals surface area (Å²) >= 11 is 0. The van der Waals surface area contributed by atoms with E-state index < -0.39 is 0 Å². The average Bonchev–Trinajstić information content (AvgIpc) is 3.08. The summed E-state index contributed by atoms with van der Waals surface area (Å²) in [6, 6.07) is 40.4. The lowest BCUT2D eigenvalue weighted by atomic mass is 10.1. The molecule has 0 aromatic heterocycles. The molecule has 3 heteroatoms. The Labute approximate surface area is 268 Å². The number of carbonyl (C=O) groups excluding carboxylic acids is 1. The number of allylic oxidation sites excluding steroid dienone is 6. The van der Waals surface area contributed by atoms with Crippen LogP contribution in [0.5, 0.6) is 0 Å². The van der Waals surface area contributed by atoms with Crippen LogP contribution in [0, 0.1) is 0 Å². The molecular formula is C42H42O3. The summed E-state index contributed by atoms with van der Waals surface area (Å²) in [6.07, 6.45) is 19.0. The fourth-order valence-corrected chi connectivity index (χ4v) is 3.99. The van der Waals surface area contributed by atoms with Gasteiger partial charge in [0, 0.05) is 0 Å². The minimum Gasteiger partial charge on any atom is -0.351 e. The van der Waals surface area contributed by atoms with E-state index in [0.29, 0.717) is 20.0 Å². The Morgan fingerprint density at radius 3 is 1.18 bits per heavy atom. The molecule has 0 atom stereocenters. The van der Waals surface area contributed by atoms with Crippen LogP contribution in [0.1, 0.15) is 36.1 Å². The number of hydrogen-bond acceptors (Lipinski definition) is 3. The lowest BCUT2D eigenvalue weighted by molar-refractivity contribution is -0.110. The Hall–Kier alpha value is -5.09. The first-order chi connectivity index (χ1) is 22.1. The molecule has 0 unspecified atom stereocenters. The predicted molar refractivity (Wildman–Crippen MR) is 191 cm³/mol. The zero-order valence-electron chi connectivity index (χ0n) is 26.2. The van der Waals surface area contributed by atoms with E-state index in [1.807, 2.05) is 160 Å². The molecule has 0 aliphatic heterocycles. The smallest absolute Gasteiger partial charge is 0.178 e. The molecule has 0 aliphatic carbocycles. The van der Waals surface area contributed by atoms with Crippen LogP contribution in [0.4, 0.5) is 0 Å². The van der Waals surface area contributed by atoms with Gasteiger partial charge in [-0.05, 0) is 48.3 Å². The largest absolute Gasteiger partial charge is 0.351 e. The molecule has 4 aromatic rings. The molecule has 0 fully saturated rings. The maximum Gasteiger partial charge on any atom is 0.178 e. The van der Waals surface area contributed by atoms with Crippen molar-refractivity contribution in [2.45, 2.75) is 13.8 Å². The van der Waals surface area contributed by atoms with Gasteiger partial charge in [0.1, 0.15) is 6.79 Å². The van der Waals surface area contributed by atoms with Gasteiger partial charge in [0.2, 0.25) is 0 Å². The second-order valence-electron chi connectivity index (χ2n) is 10.2. The van der Waals surface area contributed by atoms with Crippen LogP contribution in [-0.2, 0) is 14.3 Å². The van der Waals surface area contributed by atoms with Gasteiger partial charge in [0.15, 0.2) is 5.78 Å². The number of rotatable bonds is 14. The topological polar surface area (TPSA) is 35.5 Å². The standard InChI is InChI=1S/C23H22O.C19H20O2/c1-19(17-21-9-5-3-6-10-21)13-15-23(24)16-14-20(2)18-22-11-7-4-8-12-22;1-3-9-18(10-4-1)13-7-15-20-17-21-16-8-14-19-11-5-2-6-12-19/h3-18H,1-2H3;1-14H,15-17H2/b15-13+,16-14+,19-17+,20-18+;13-7+,14-8+. The van der Waals surface area contributed by atoms with Gasteiger partial charge in [-0.15, -0.1) is 0 Å². The maximum atomic E-state index is 11.9. The van der Waals surface area contributed by atoms with E-state index in [2.05, 4.69) is 24.3 Å². The number of hydrogen-bond donors (Lipinski definition) is 0. The quantitative estimate of drug-likeness (QED) is 0.0631. The van der Waals surface area contributed by atoms with Crippen molar-refractivity contribution in [2.75, 3.05) is 20.0 Å². The Bertz CT molecular complexity index is 1440. The number of ether oxygens (including phenoxy) is 2. The molecule has 0 aliphatic rings. The third kappa shape index (κ3) is 16.4. The Morgan fingerprint density at radius 1 is 0.489 bits per heavy atom. The first kappa shape index (κ1) is 34.4. The summed E-state index contributed by atoms with van der Waals surface area (Å²) < 4.78 is 10.7. The first-order valence-electron chi connectivity index (χ1n) is 15.0. The Kier molecular flexibility index (Phi) is 16.5. The Morgan fingerprint density at radius 2 is 0.822 bits per heavy atom. The van der Waals surface area contributed by atoms with Crippen molar-refractivity contribution in [2.24, 2.45) is 0 Å². The summed E-state index contributed by atoms with van der Waals surface area (Å²) in [5.41, 5.74) is 6.69. The van der Waals surface area contributed by atoms with E-state index in [1.54, 1.807) is 12.2 Å². The number of ketones is 1. The van der Waals surface area contributed by atoms with E-state index in [0.717, 1.165) is 22.3 Å². The van der Waals surface area contributed by atoms with Gasteiger partial charge < -0.3 is 9.47 Å². The van der Waals surface area contributed by atoms with E-state index in [1.165, 1.54) is 11.1 Å². The van der Waals surface area contributed by atoms with Gasteiger partial charge in [0.25, 0.3) is 0 Å². The molecule has 0 saturated heterocycles. The molecule has 4 aromatic carbocycles. The van der Waals surface area contributed by atoms with Crippen LogP contribution >= 0.6 is 0 Å². The second kappa shape index (κ2) is 21.6. The summed E-state index contributed by atoms with van der Waals surface area (Å²) in [7, 11) is 0. The van der Waals surface area contributed by atoms with Crippen LogP contribution < -0.4 is 0 Å². The summed E-state index contributed by atoms with van der Waals surface area (Å²) in [6.45, 7) is 5.38. The molecule has 0 spiro atoms. The third-order valence-electron chi connectivity index (χ3n) is 6.22. The van der Waals surface area contributed by atoms with Crippen LogP contribution in [-0.4, -0.2) is 25.8 Å². The highest BCUT2D eigenvalue weighted by Crippen LogP contribution is 2.09. The van der Waals surface area contributed by atoms with Crippen molar-refractivity contribution in [1.82, 2.24) is 0 Å². The van der Waals surface area contributed by atoms with Crippen LogP contribution in [0.25, 0.3) is 24.3 Å². The lowest BCUT2D eigenvalue weighted by Gasteiger charge is -2.00. The molecule has 45 heavy (non-hydrogen) atoms. The summed E-state index contributed by atoms with van der Waals surface area (Å²) in [5, 5.41) is 0. The van der Waals surface area contributed by atoms with Crippen LogP contribution in [0.2, 0.25) is 0 Å². The highest BCUT2D eigenvalue weighted by molar-refractivity contribution is 6.00. The number of benzene rings is 4. The van der Waals surface area contributed by atoms with Crippen molar-refractivity contribution in [1.29, 1.82) is 0 Å². The van der Waals surface area contributed by atoms with Crippen molar-refractivity contribution in [3.05, 3.63) is 191 Å². The minimum atomic E-state index is -0.0170. The Balaban J connectivity index is 0.000000248. The highest BCUT2D eigenvalue weighted by atomic mass is 16.7. The monoisotopic (exact) mass is 594 g/mol. The fraction of sp³-hybridized carbons (Fsp3) is 0.119. The molecule has 4 rings (SSSR count). The third-order valence-corrected chi connectivity index (χ3v) is 6.22. The maximum absolute atomic E-state index is 11.9. The molecule has 228 valence electrons. The van der Waals surface area contributed by atoms with Crippen molar-refractivity contribution in [3.8, 4) is 0 Å². The van der Waals surface area contributed by atoms with Crippen LogP contribution in [0.3, 0.4) is 0 Å². The first-order valence-corrected chi connectivity index (χ1v) is 15.0. The SMILES string of the molecule is C(=C\c1ccccc1)/COCOC/C=C/c1ccccc1.CC(/C=C/C(=O)/C=C/C(C)=C/c1ccccc1)=C\c1ccccc1. The van der Waals surface area contributed by atoms with Crippen LogP contribution in [0.15, 0.2) is 169 Å². The molecule has 0 N–H and O–H groups in total. The van der Waals surface area contributed by atoms with E-state index >= 15 is 0 Å². The number of carbonyl (C=O) groups is 1. The van der Waals surface area contributed by atoms with Crippen molar-refractivity contribution < 1.29 is 14.3 Å². The molecule has 3 nitrogen and oxygen atoms in total. The van der Waals surface area contributed by atoms with Gasteiger partial charge in [-0.3, -0.25) is 4.79 Å². The molecule has 0 saturated carbocycles. The predicted octanol–water partition coefficient (Wildman–Crippen LogP) is 10.3. The van der Waals surface area contributed by atoms with Gasteiger partial charge in [-0.2, -0.15) is 0 Å². The van der Waals surface area contributed by atoms with Gasteiger partial charge in [-0.1, -0.05) is 181 Å². The summed E-state index contributed by atoms with van der Waals surface area (Å²) in [5.74, 6) is -0.0170. The highest BCUT2D eigenvalue weighted by Gasteiger charge is 1.92. The molecular weight excluding hydrogens is 552 g/mol. The van der Waals surface area contributed by atoms with E-state index in [9.17, 15) is 4.79 Å². The molecule has 0 bridgehead atoms. The second-order valence-corrected chi connectivity index (χ2v) is 10.2. The van der Waals surface area contributed by atoms with E-state index in [-0.39, 0.29) is 5.78 Å². The normalized spacial score (nSPS) is 12.2. The van der Waals surface area contributed by atoms with Gasteiger partial charge >= 0.3 is 0 Å². The van der Waals surface area contributed by atoms with Crippen molar-refractivity contribution in [3.63, 3.8) is 0 Å². The zero-order chi connectivity index (χ0) is 31.8. The van der Waals surface area contributed by atoms with Crippen molar-refractivity contribution >= 4 is 30.1 Å². The van der Waals surface area contributed by atoms with Gasteiger partial charge in [-0.25, -0.2) is 0 Å². The zero-order valence-corrected chi connectivity index (χ0v) is 26.2. The molecule has 0 amide bonds.